The summed E-state index contributed by atoms with van der Waals surface area (Å²) in [4.78, 5) is 0. The number of nitrogens with one attached hydrogen (secondary N) is 1. The summed E-state index contributed by atoms with van der Waals surface area (Å²) in [6.07, 6.45) is 9.92. The fourth-order valence-corrected chi connectivity index (χ4v) is 0.464. The Hall–Kier alpha value is -0.980. The van der Waals surface area contributed by atoms with Crippen molar-refractivity contribution in [1.29, 1.82) is 0 Å². The highest BCUT2D eigenvalue weighted by molar-refractivity contribution is 5.13. The van der Waals surface area contributed by atoms with Gasteiger partial charge in [0, 0.05) is 7.05 Å². The summed E-state index contributed by atoms with van der Waals surface area (Å²) in [7, 11) is 1.88. The molecule has 0 fully saturated rings. The Morgan fingerprint density at radius 2 is 1.80 bits per heavy atom. The Kier molecular flexibility index (Phi) is 5.54. The average Bonchev–Trinajstić information content (AvgIpc) is 1.87. The van der Waals surface area contributed by atoms with Crippen molar-refractivity contribution in [2.24, 2.45) is 0 Å². The molecule has 0 rings (SSSR count). The van der Waals surface area contributed by atoms with Crippen LogP contribution in [0.1, 0.15) is 13.8 Å². The largest absolute Gasteiger partial charge is 0.394 e. The molecular weight excluding hydrogens is 122 g/mol. The van der Waals surface area contributed by atoms with Crippen molar-refractivity contribution in [1.82, 2.24) is 5.32 Å². The van der Waals surface area contributed by atoms with Gasteiger partial charge in [-0.25, -0.2) is 0 Å². The van der Waals surface area contributed by atoms with Crippen LogP contribution in [0.15, 0.2) is 36.1 Å². The fraction of sp³-hybridized carbons (Fsp3) is 0.333. The number of hydrogen-bond acceptors (Lipinski definition) is 1. The maximum atomic E-state index is 2.90. The van der Waals surface area contributed by atoms with Crippen molar-refractivity contribution >= 4 is 0 Å². The van der Waals surface area contributed by atoms with Gasteiger partial charge in [-0.2, -0.15) is 0 Å². The molecule has 0 saturated heterocycles. The lowest BCUT2D eigenvalue weighted by Gasteiger charge is -1.81. The summed E-state index contributed by atoms with van der Waals surface area (Å²) < 4.78 is 0. The summed E-state index contributed by atoms with van der Waals surface area (Å²) >= 11 is 0. The zero-order chi connectivity index (χ0) is 7.82. The first kappa shape index (κ1) is 9.02. The van der Waals surface area contributed by atoms with Crippen LogP contribution in [0.5, 0.6) is 0 Å². The zero-order valence-corrected chi connectivity index (χ0v) is 6.89. The first-order chi connectivity index (χ1) is 4.77. The van der Waals surface area contributed by atoms with Gasteiger partial charge in [0.2, 0.25) is 0 Å². The summed E-state index contributed by atoms with van der Waals surface area (Å²) in [6, 6.07) is 0. The van der Waals surface area contributed by atoms with Crippen molar-refractivity contribution < 1.29 is 0 Å². The molecule has 0 aromatic carbocycles. The van der Waals surface area contributed by atoms with E-state index in [9.17, 15) is 0 Å². The first-order valence-electron chi connectivity index (χ1n) is 3.41. The Morgan fingerprint density at radius 3 is 2.30 bits per heavy atom. The van der Waals surface area contributed by atoms with Gasteiger partial charge in [-0.05, 0) is 26.1 Å². The van der Waals surface area contributed by atoms with E-state index in [0.29, 0.717) is 0 Å². The third-order valence-corrected chi connectivity index (χ3v) is 0.915. The van der Waals surface area contributed by atoms with Crippen molar-refractivity contribution in [3.05, 3.63) is 36.1 Å². The van der Waals surface area contributed by atoms with E-state index in [1.54, 1.807) is 0 Å². The summed E-state index contributed by atoms with van der Waals surface area (Å²) in [5.41, 5.74) is 1.31. The minimum Gasteiger partial charge on any atom is -0.394 e. The van der Waals surface area contributed by atoms with E-state index in [1.807, 2.05) is 31.5 Å². The molecule has 1 N–H and O–H groups in total. The molecule has 0 aliphatic rings. The molecule has 0 aliphatic carbocycles. The molecule has 0 aromatic rings. The molecule has 1 nitrogen and oxygen atoms in total. The van der Waals surface area contributed by atoms with Crippen molar-refractivity contribution in [2.45, 2.75) is 13.8 Å². The summed E-state index contributed by atoms with van der Waals surface area (Å²) in [5, 5.41) is 2.90. The molecule has 0 amide bonds. The Morgan fingerprint density at radius 1 is 1.10 bits per heavy atom. The SMILES string of the molecule is CNC=CC=CC=C(C)C. The highest BCUT2D eigenvalue weighted by Gasteiger charge is 1.67. The lowest BCUT2D eigenvalue weighted by Crippen LogP contribution is -1.89. The zero-order valence-electron chi connectivity index (χ0n) is 6.89. The maximum absolute atomic E-state index is 2.90. The Labute approximate surface area is 63.1 Å². The van der Waals surface area contributed by atoms with Crippen LogP contribution in [0.25, 0.3) is 0 Å². The number of allylic oxidation sites excluding steroid dienone is 5. The standard InChI is InChI=1S/C9H15N/c1-9(2)7-5-4-6-8-10-3/h4-8,10H,1-3H3. The van der Waals surface area contributed by atoms with Gasteiger partial charge < -0.3 is 5.32 Å². The van der Waals surface area contributed by atoms with Crippen molar-refractivity contribution in [2.75, 3.05) is 7.05 Å². The molecule has 0 saturated carbocycles. The predicted molar refractivity (Wildman–Crippen MR) is 46.8 cm³/mol. The second-order valence-corrected chi connectivity index (χ2v) is 2.28. The minimum absolute atomic E-state index is 1.31. The lowest BCUT2D eigenvalue weighted by atomic mass is 10.3. The normalized spacial score (nSPS) is 10.7. The van der Waals surface area contributed by atoms with E-state index >= 15 is 0 Å². The van der Waals surface area contributed by atoms with Gasteiger partial charge in [0.1, 0.15) is 0 Å². The number of rotatable bonds is 3. The Bertz CT molecular complexity index is 148. The molecule has 0 spiro atoms. The van der Waals surface area contributed by atoms with E-state index in [4.69, 9.17) is 0 Å². The molecule has 0 bridgehead atoms. The average molecular weight is 137 g/mol. The molecule has 1 heteroatoms. The Balaban J connectivity index is 3.57. The van der Waals surface area contributed by atoms with Gasteiger partial charge in [0.25, 0.3) is 0 Å². The molecule has 56 valence electrons. The lowest BCUT2D eigenvalue weighted by molar-refractivity contribution is 1.10. The van der Waals surface area contributed by atoms with E-state index < -0.39 is 0 Å². The van der Waals surface area contributed by atoms with Crippen LogP contribution >= 0.6 is 0 Å². The van der Waals surface area contributed by atoms with E-state index in [1.165, 1.54) is 5.57 Å². The van der Waals surface area contributed by atoms with Crippen LogP contribution in [0.3, 0.4) is 0 Å². The fourth-order valence-electron chi connectivity index (χ4n) is 0.464. The molecule has 0 atom stereocenters. The van der Waals surface area contributed by atoms with E-state index in [2.05, 4.69) is 25.2 Å². The van der Waals surface area contributed by atoms with Gasteiger partial charge in [-0.15, -0.1) is 0 Å². The van der Waals surface area contributed by atoms with Crippen LogP contribution in [-0.2, 0) is 0 Å². The first-order valence-corrected chi connectivity index (χ1v) is 3.41. The molecule has 0 heterocycles. The van der Waals surface area contributed by atoms with E-state index in [0.717, 1.165) is 0 Å². The van der Waals surface area contributed by atoms with Crippen LogP contribution < -0.4 is 5.32 Å². The van der Waals surface area contributed by atoms with Crippen LogP contribution in [0.4, 0.5) is 0 Å². The molecule has 0 aliphatic heterocycles. The highest BCUT2D eigenvalue weighted by atomic mass is 14.8. The van der Waals surface area contributed by atoms with Gasteiger partial charge >= 0.3 is 0 Å². The smallest absolute Gasteiger partial charge is 0.00277 e. The molecule has 0 radical (unpaired) electrons. The second-order valence-electron chi connectivity index (χ2n) is 2.28. The topological polar surface area (TPSA) is 12.0 Å². The molecule has 0 aromatic heterocycles. The molecule has 0 unspecified atom stereocenters. The summed E-state index contributed by atoms with van der Waals surface area (Å²) in [6.45, 7) is 4.15. The quantitative estimate of drug-likeness (QED) is 0.588. The number of hydrogen-bond donors (Lipinski definition) is 1. The van der Waals surface area contributed by atoms with E-state index in [-0.39, 0.29) is 0 Å². The van der Waals surface area contributed by atoms with Gasteiger partial charge in [-0.1, -0.05) is 23.8 Å². The van der Waals surface area contributed by atoms with Gasteiger partial charge in [0.15, 0.2) is 0 Å². The third kappa shape index (κ3) is 7.02. The molecule has 10 heavy (non-hydrogen) atoms. The van der Waals surface area contributed by atoms with Crippen LogP contribution in [0.2, 0.25) is 0 Å². The highest BCUT2D eigenvalue weighted by Crippen LogP contribution is 1.88. The minimum atomic E-state index is 1.31. The van der Waals surface area contributed by atoms with Crippen LogP contribution in [-0.4, -0.2) is 7.05 Å². The molecular formula is C9H15N. The summed E-state index contributed by atoms with van der Waals surface area (Å²) in [5.74, 6) is 0. The second kappa shape index (κ2) is 6.14. The van der Waals surface area contributed by atoms with Crippen molar-refractivity contribution in [3.8, 4) is 0 Å². The third-order valence-electron chi connectivity index (χ3n) is 0.915. The predicted octanol–water partition coefficient (Wildman–Crippen LogP) is 2.24. The van der Waals surface area contributed by atoms with Gasteiger partial charge in [-0.3, -0.25) is 0 Å². The monoisotopic (exact) mass is 137 g/mol. The maximum Gasteiger partial charge on any atom is 0.00277 e. The van der Waals surface area contributed by atoms with Crippen molar-refractivity contribution in [3.63, 3.8) is 0 Å². The van der Waals surface area contributed by atoms with Crippen LogP contribution in [0, 0.1) is 0 Å². The van der Waals surface area contributed by atoms with Gasteiger partial charge in [0.05, 0.1) is 0 Å².